The van der Waals surface area contributed by atoms with Crippen molar-refractivity contribution in [3.8, 4) is 11.5 Å². The maximum absolute atomic E-state index is 11.9. The number of ether oxygens (including phenoxy) is 7. The molecular formula is C29H44N2O17. The molecule has 4 rings (SSSR count). The molecule has 0 aliphatic carbocycles. The second-order valence-corrected chi connectivity index (χ2v) is 11.6. The van der Waals surface area contributed by atoms with Gasteiger partial charge in [-0.25, -0.2) is 0 Å². The van der Waals surface area contributed by atoms with Crippen LogP contribution in [0.25, 0.3) is 0 Å². The van der Waals surface area contributed by atoms with E-state index in [0.29, 0.717) is 5.75 Å². The summed E-state index contributed by atoms with van der Waals surface area (Å²) in [6.45, 7) is 0.310. The molecule has 3 aliphatic rings. The summed E-state index contributed by atoms with van der Waals surface area (Å²) in [6.07, 6.45) is -20.3. The van der Waals surface area contributed by atoms with E-state index in [-0.39, 0.29) is 5.75 Å². The smallest absolute Gasteiger partial charge is 0.229 e. The van der Waals surface area contributed by atoms with Crippen molar-refractivity contribution in [1.29, 1.82) is 0 Å². The number of rotatable bonds is 12. The van der Waals surface area contributed by atoms with Gasteiger partial charge in [0.25, 0.3) is 0 Å². The molecule has 15 atom stereocenters. The van der Waals surface area contributed by atoms with E-state index in [1.54, 1.807) is 12.1 Å². The Labute approximate surface area is 274 Å². The van der Waals surface area contributed by atoms with Crippen molar-refractivity contribution in [2.24, 2.45) is 0 Å². The summed E-state index contributed by atoms with van der Waals surface area (Å²) >= 11 is 0. The molecule has 3 aliphatic heterocycles. The first-order valence-electron chi connectivity index (χ1n) is 15.2. The molecule has 6 unspecified atom stereocenters. The molecule has 0 saturated carbocycles. The summed E-state index contributed by atoms with van der Waals surface area (Å²) in [7, 11) is 1.46. The maximum Gasteiger partial charge on any atom is 0.229 e. The number of aliphatic hydroxyl groups is 8. The third-order valence-electron chi connectivity index (χ3n) is 8.17. The number of nitrogens with one attached hydrogen (secondary N) is 2. The Morgan fingerprint density at radius 2 is 1.12 bits per heavy atom. The maximum atomic E-state index is 11.9. The number of amides is 2. The molecule has 19 heteroatoms. The number of methoxy groups -OCH3 is 1. The summed E-state index contributed by atoms with van der Waals surface area (Å²) in [5.74, 6) is -0.536. The molecule has 3 saturated heterocycles. The van der Waals surface area contributed by atoms with Gasteiger partial charge in [-0.05, 0) is 24.3 Å². The fourth-order valence-corrected chi connectivity index (χ4v) is 5.62. The molecule has 3 fully saturated rings. The van der Waals surface area contributed by atoms with Gasteiger partial charge in [-0.15, -0.1) is 0 Å². The number of carbonyl (C=O) groups is 2. The highest BCUT2D eigenvalue weighted by Crippen LogP contribution is 2.32. The van der Waals surface area contributed by atoms with Gasteiger partial charge in [0.15, 0.2) is 18.7 Å². The zero-order valence-corrected chi connectivity index (χ0v) is 26.3. The molecule has 0 bridgehead atoms. The van der Waals surface area contributed by atoms with E-state index >= 15 is 0 Å². The van der Waals surface area contributed by atoms with E-state index in [1.807, 2.05) is 0 Å². The van der Waals surface area contributed by atoms with Crippen LogP contribution < -0.4 is 20.1 Å². The zero-order valence-electron chi connectivity index (χ0n) is 26.3. The lowest BCUT2D eigenvalue weighted by atomic mass is 9.95. The summed E-state index contributed by atoms with van der Waals surface area (Å²) in [5, 5.41) is 88.6. The first kappa shape index (κ1) is 38.0. The predicted molar refractivity (Wildman–Crippen MR) is 156 cm³/mol. The Balaban J connectivity index is 1.58. The van der Waals surface area contributed by atoms with Crippen molar-refractivity contribution in [3.05, 3.63) is 24.3 Å². The minimum absolute atomic E-state index is 0.188. The van der Waals surface area contributed by atoms with Crippen molar-refractivity contribution in [1.82, 2.24) is 10.6 Å². The van der Waals surface area contributed by atoms with Crippen LogP contribution in [0, 0.1) is 0 Å². The van der Waals surface area contributed by atoms with E-state index in [2.05, 4.69) is 10.6 Å². The molecule has 0 spiro atoms. The van der Waals surface area contributed by atoms with Gasteiger partial charge in [-0.1, -0.05) is 0 Å². The monoisotopic (exact) mass is 692 g/mol. The van der Waals surface area contributed by atoms with Crippen LogP contribution in [-0.4, -0.2) is 172 Å². The van der Waals surface area contributed by atoms with Gasteiger partial charge in [0.2, 0.25) is 18.1 Å². The first-order chi connectivity index (χ1) is 22.8. The second kappa shape index (κ2) is 16.8. The van der Waals surface area contributed by atoms with Gasteiger partial charge in [-0.2, -0.15) is 0 Å². The number of aliphatic hydroxyl groups excluding tert-OH is 8. The van der Waals surface area contributed by atoms with Gasteiger partial charge in [-0.3, -0.25) is 9.59 Å². The van der Waals surface area contributed by atoms with E-state index in [1.165, 1.54) is 19.2 Å². The van der Waals surface area contributed by atoms with Crippen molar-refractivity contribution in [2.45, 2.75) is 106 Å². The molecule has 2 amide bonds. The molecule has 0 radical (unpaired) electrons. The standard InChI is InChI=1S/C29H44N2O17/c1-11(34)30-18-23(39)20(36)15(8-32)45-27(18)43-10-17-22(38)25(41)26(29(47-17)44-14-6-4-13(42-3)5-7-14)48-28-19(31-12(2)35)24(40)21(37)16(9-33)46-28/h4-7,15-29,32-33,36-41H,8-10H2,1-3H3,(H,30,34)(H,31,35)/t15?,16?,17?,18?,19?,20-,21-,22-,23+,24+,25+,26?,27-,28+,29+/m1/s1. The average molecular weight is 693 g/mol. The van der Waals surface area contributed by atoms with Crippen LogP contribution >= 0.6 is 0 Å². The summed E-state index contributed by atoms with van der Waals surface area (Å²) < 4.78 is 40.0. The minimum Gasteiger partial charge on any atom is -0.497 e. The predicted octanol–water partition coefficient (Wildman–Crippen LogP) is -5.19. The molecule has 272 valence electrons. The van der Waals surface area contributed by atoms with Gasteiger partial charge >= 0.3 is 0 Å². The Bertz CT molecular complexity index is 1190. The Hall–Kier alpha value is -2.76. The van der Waals surface area contributed by atoms with E-state index in [9.17, 15) is 50.4 Å². The quantitative estimate of drug-likeness (QED) is 0.0980. The summed E-state index contributed by atoms with van der Waals surface area (Å²) in [5.41, 5.74) is 0. The number of benzene rings is 1. The van der Waals surface area contributed by atoms with E-state index < -0.39 is 124 Å². The molecule has 1 aromatic rings. The molecular weight excluding hydrogens is 648 g/mol. The molecule has 10 N–H and O–H groups in total. The highest BCUT2D eigenvalue weighted by molar-refractivity contribution is 5.73. The third-order valence-corrected chi connectivity index (χ3v) is 8.17. The number of hydrogen-bond acceptors (Lipinski definition) is 17. The Kier molecular flexibility index (Phi) is 13.3. The number of hydrogen-bond donors (Lipinski definition) is 10. The van der Waals surface area contributed by atoms with Crippen LogP contribution in [0.1, 0.15) is 13.8 Å². The molecule has 48 heavy (non-hydrogen) atoms. The van der Waals surface area contributed by atoms with Crippen molar-refractivity contribution < 1.29 is 83.6 Å². The summed E-state index contributed by atoms with van der Waals surface area (Å²) in [6, 6.07) is 3.46. The van der Waals surface area contributed by atoms with E-state index in [4.69, 9.17) is 33.2 Å². The van der Waals surface area contributed by atoms with Gasteiger partial charge in [0.1, 0.15) is 78.5 Å². The van der Waals surface area contributed by atoms with Crippen molar-refractivity contribution in [3.63, 3.8) is 0 Å². The Morgan fingerprint density at radius 3 is 1.62 bits per heavy atom. The van der Waals surface area contributed by atoms with Crippen LogP contribution in [0.2, 0.25) is 0 Å². The Morgan fingerprint density at radius 1 is 0.667 bits per heavy atom. The van der Waals surface area contributed by atoms with Crippen molar-refractivity contribution >= 4 is 11.8 Å². The van der Waals surface area contributed by atoms with Crippen LogP contribution in [0.5, 0.6) is 11.5 Å². The minimum atomic E-state index is -1.83. The highest BCUT2D eigenvalue weighted by atomic mass is 16.8. The van der Waals surface area contributed by atoms with Crippen LogP contribution in [0.4, 0.5) is 0 Å². The fraction of sp³-hybridized carbons (Fsp3) is 0.724. The van der Waals surface area contributed by atoms with Crippen LogP contribution in [0.3, 0.4) is 0 Å². The number of carbonyl (C=O) groups excluding carboxylic acids is 2. The van der Waals surface area contributed by atoms with Crippen LogP contribution in [0.15, 0.2) is 24.3 Å². The highest BCUT2D eigenvalue weighted by Gasteiger charge is 2.53. The molecule has 1 aromatic carbocycles. The zero-order chi connectivity index (χ0) is 35.3. The third kappa shape index (κ3) is 8.69. The molecule has 3 heterocycles. The van der Waals surface area contributed by atoms with Crippen LogP contribution in [-0.2, 0) is 33.3 Å². The fourth-order valence-electron chi connectivity index (χ4n) is 5.62. The average Bonchev–Trinajstić information content (AvgIpc) is 3.06. The lowest BCUT2D eigenvalue weighted by Crippen LogP contribution is -2.68. The first-order valence-corrected chi connectivity index (χ1v) is 15.2. The lowest BCUT2D eigenvalue weighted by Gasteiger charge is -2.47. The molecule has 19 nitrogen and oxygen atoms in total. The van der Waals surface area contributed by atoms with E-state index in [0.717, 1.165) is 13.8 Å². The van der Waals surface area contributed by atoms with Gasteiger partial charge in [0.05, 0.1) is 26.9 Å². The molecule has 0 aromatic heterocycles. The SMILES string of the molecule is COc1ccc(O[C@H]2OC(CO[C@@H]3OC(CO)[C@@H](O)[C@@H](O)C3NC(C)=O)[C@@H](O)[C@H](O)C2O[C@@H]2OC(CO)[C@@H](O)[C@@H](O)C2NC(C)=O)cc1. The van der Waals surface area contributed by atoms with Crippen molar-refractivity contribution in [2.75, 3.05) is 26.9 Å². The topological polar surface area (TPSA) is 285 Å². The largest absolute Gasteiger partial charge is 0.497 e. The second-order valence-electron chi connectivity index (χ2n) is 11.6. The normalized spacial score (nSPS) is 40.1. The van der Waals surface area contributed by atoms with Gasteiger partial charge in [0, 0.05) is 13.8 Å². The lowest BCUT2D eigenvalue weighted by molar-refractivity contribution is -0.348. The van der Waals surface area contributed by atoms with Gasteiger partial charge < -0.3 is 84.6 Å². The summed E-state index contributed by atoms with van der Waals surface area (Å²) in [4.78, 5) is 23.7.